The van der Waals surface area contributed by atoms with Crippen LogP contribution in [0.3, 0.4) is 0 Å². The highest BCUT2D eigenvalue weighted by atomic mass is 31.2. The highest BCUT2D eigenvalue weighted by molar-refractivity contribution is 7.47. The molecule has 252 valence electrons. The van der Waals surface area contributed by atoms with Crippen LogP contribution in [0.15, 0.2) is 0 Å². The van der Waals surface area contributed by atoms with E-state index in [-0.39, 0.29) is 19.1 Å². The molecule has 9 heteroatoms. The summed E-state index contributed by atoms with van der Waals surface area (Å²) in [4.78, 5) is 22.8. The van der Waals surface area contributed by atoms with E-state index < -0.39 is 20.0 Å². The molecule has 3 N–H and O–H groups in total. The smallest absolute Gasteiger partial charge is 0.391 e. The van der Waals surface area contributed by atoms with Crippen LogP contribution in [-0.4, -0.2) is 73.4 Å². The van der Waals surface area contributed by atoms with Crippen molar-refractivity contribution in [2.24, 2.45) is 0 Å². The van der Waals surface area contributed by atoms with Gasteiger partial charge in [0.1, 0.15) is 13.2 Å². The Morgan fingerprint density at radius 1 is 0.714 bits per heavy atom. The fourth-order valence-electron chi connectivity index (χ4n) is 4.98. The number of hydrogen-bond donors (Lipinski definition) is 3. The lowest BCUT2D eigenvalue weighted by molar-refractivity contribution is -0.870. The number of aliphatic hydroxyl groups excluding tert-OH is 1. The molecule has 0 aromatic rings. The molecule has 0 fully saturated rings. The number of aliphatic hydroxyl groups is 1. The summed E-state index contributed by atoms with van der Waals surface area (Å²) in [6.45, 7) is 4.80. The third-order valence-electron chi connectivity index (χ3n) is 7.86. The summed E-state index contributed by atoms with van der Waals surface area (Å²) in [6.07, 6.45) is 24.3. The second kappa shape index (κ2) is 26.9. The lowest BCUT2D eigenvalue weighted by Crippen LogP contribution is -2.46. The Morgan fingerprint density at radius 2 is 1.14 bits per heavy atom. The second-order valence-electron chi connectivity index (χ2n) is 13.3. The molecule has 0 aromatic heterocycles. The Morgan fingerprint density at radius 3 is 1.60 bits per heavy atom. The Bertz CT molecular complexity index is 673. The molecule has 0 saturated carbocycles. The van der Waals surface area contributed by atoms with E-state index in [0.717, 1.165) is 38.5 Å². The van der Waals surface area contributed by atoms with Gasteiger partial charge in [0, 0.05) is 6.42 Å². The summed E-state index contributed by atoms with van der Waals surface area (Å²) >= 11 is 0. The predicted octanol–water partition coefficient (Wildman–Crippen LogP) is 8.29. The largest absolute Gasteiger partial charge is 0.472 e. The number of carbonyl (C=O) groups excluding carboxylic acids is 1. The van der Waals surface area contributed by atoms with Crippen LogP contribution in [0.1, 0.15) is 155 Å². The van der Waals surface area contributed by atoms with E-state index in [0.29, 0.717) is 23.9 Å². The van der Waals surface area contributed by atoms with Crippen LogP contribution in [0.4, 0.5) is 0 Å². The molecule has 0 aliphatic carbocycles. The predicted molar refractivity (Wildman–Crippen MR) is 175 cm³/mol. The molecule has 0 rings (SSSR count). The Kier molecular flexibility index (Phi) is 26.5. The van der Waals surface area contributed by atoms with E-state index in [1.54, 1.807) is 0 Å². The monoisotopic (exact) mass is 621 g/mol. The molecule has 0 aromatic carbocycles. The van der Waals surface area contributed by atoms with Gasteiger partial charge in [-0.25, -0.2) is 4.57 Å². The maximum absolute atomic E-state index is 12.6. The molecule has 3 unspecified atom stereocenters. The van der Waals surface area contributed by atoms with Crippen LogP contribution in [0.2, 0.25) is 0 Å². The van der Waals surface area contributed by atoms with Crippen molar-refractivity contribution in [2.45, 2.75) is 167 Å². The zero-order valence-electron chi connectivity index (χ0n) is 28.3. The SMILES string of the molecule is CCCCCCCCCCCCCCCCC(O)C(COP(=O)(O)OCC[N+](C)(C)C)NC(=O)CCCCCCCC. The van der Waals surface area contributed by atoms with Gasteiger partial charge in [0.05, 0.1) is 39.9 Å². The summed E-state index contributed by atoms with van der Waals surface area (Å²) in [6, 6.07) is -0.748. The van der Waals surface area contributed by atoms with Crippen LogP contribution < -0.4 is 5.32 Å². The normalized spacial score (nSPS) is 14.9. The van der Waals surface area contributed by atoms with Gasteiger partial charge in [-0.2, -0.15) is 0 Å². The average Bonchev–Trinajstić information content (AvgIpc) is 2.92. The van der Waals surface area contributed by atoms with Gasteiger partial charge in [0.25, 0.3) is 0 Å². The third-order valence-corrected chi connectivity index (χ3v) is 8.84. The van der Waals surface area contributed by atoms with Gasteiger partial charge in [0.2, 0.25) is 5.91 Å². The molecular weight excluding hydrogens is 551 g/mol. The van der Waals surface area contributed by atoms with Crippen molar-refractivity contribution < 1.29 is 32.9 Å². The minimum absolute atomic E-state index is 0.0773. The summed E-state index contributed by atoms with van der Waals surface area (Å²) < 4.78 is 23.4. The number of carbonyl (C=O) groups is 1. The number of phosphoric acid groups is 1. The van der Waals surface area contributed by atoms with Crippen LogP contribution in [0.25, 0.3) is 0 Å². The van der Waals surface area contributed by atoms with E-state index in [4.69, 9.17) is 9.05 Å². The number of quaternary nitrogens is 1. The fourth-order valence-corrected chi connectivity index (χ4v) is 5.72. The van der Waals surface area contributed by atoms with Crippen molar-refractivity contribution >= 4 is 13.7 Å². The molecule has 0 spiro atoms. The Balaban J connectivity index is 4.42. The van der Waals surface area contributed by atoms with Gasteiger partial charge in [-0.15, -0.1) is 0 Å². The van der Waals surface area contributed by atoms with Crippen LogP contribution >= 0.6 is 7.82 Å². The molecule has 0 heterocycles. The maximum Gasteiger partial charge on any atom is 0.472 e. The number of rotatable bonds is 31. The summed E-state index contributed by atoms with van der Waals surface area (Å²) in [5, 5.41) is 13.8. The molecule has 8 nitrogen and oxygen atoms in total. The van der Waals surface area contributed by atoms with E-state index in [9.17, 15) is 19.4 Å². The second-order valence-corrected chi connectivity index (χ2v) is 14.7. The van der Waals surface area contributed by atoms with Crippen LogP contribution in [-0.2, 0) is 18.4 Å². The molecule has 0 aliphatic rings. The lowest BCUT2D eigenvalue weighted by Gasteiger charge is -2.26. The molecule has 0 bridgehead atoms. The van der Waals surface area contributed by atoms with Crippen molar-refractivity contribution in [1.82, 2.24) is 5.32 Å². The van der Waals surface area contributed by atoms with Crippen LogP contribution in [0.5, 0.6) is 0 Å². The molecular formula is C33H70N2O6P+. The van der Waals surface area contributed by atoms with E-state index in [1.165, 1.54) is 89.9 Å². The van der Waals surface area contributed by atoms with E-state index >= 15 is 0 Å². The number of amides is 1. The third kappa shape index (κ3) is 28.3. The maximum atomic E-state index is 12.6. The summed E-state index contributed by atoms with van der Waals surface area (Å²) in [7, 11) is 1.62. The fraction of sp³-hybridized carbons (Fsp3) is 0.970. The number of phosphoric ester groups is 1. The van der Waals surface area contributed by atoms with Gasteiger partial charge in [0.15, 0.2) is 0 Å². The minimum atomic E-state index is -4.29. The topological polar surface area (TPSA) is 105 Å². The molecule has 3 atom stereocenters. The van der Waals surface area contributed by atoms with Crippen molar-refractivity contribution in [3.63, 3.8) is 0 Å². The van der Waals surface area contributed by atoms with E-state index in [1.807, 2.05) is 21.1 Å². The van der Waals surface area contributed by atoms with Gasteiger partial charge < -0.3 is 19.8 Å². The quantitative estimate of drug-likeness (QED) is 0.0409. The first-order chi connectivity index (χ1) is 20.0. The zero-order valence-corrected chi connectivity index (χ0v) is 29.1. The number of hydrogen-bond acceptors (Lipinski definition) is 5. The lowest BCUT2D eigenvalue weighted by atomic mass is 10.0. The Hall–Kier alpha value is -0.500. The number of unbranched alkanes of at least 4 members (excludes halogenated alkanes) is 18. The van der Waals surface area contributed by atoms with Gasteiger partial charge in [-0.05, 0) is 12.8 Å². The van der Waals surface area contributed by atoms with Gasteiger partial charge in [-0.3, -0.25) is 13.8 Å². The van der Waals surface area contributed by atoms with Gasteiger partial charge >= 0.3 is 7.82 Å². The number of likely N-dealkylation sites (N-methyl/N-ethyl adjacent to an activating group) is 1. The molecule has 0 aliphatic heterocycles. The minimum Gasteiger partial charge on any atom is -0.391 e. The first kappa shape index (κ1) is 41.5. The summed E-state index contributed by atoms with van der Waals surface area (Å²) in [5.41, 5.74) is 0. The van der Waals surface area contributed by atoms with Gasteiger partial charge in [-0.1, -0.05) is 136 Å². The van der Waals surface area contributed by atoms with Crippen molar-refractivity contribution in [2.75, 3.05) is 40.9 Å². The first-order valence-electron chi connectivity index (χ1n) is 17.4. The zero-order chi connectivity index (χ0) is 31.5. The average molecular weight is 622 g/mol. The van der Waals surface area contributed by atoms with Crippen molar-refractivity contribution in [3.8, 4) is 0 Å². The van der Waals surface area contributed by atoms with Crippen molar-refractivity contribution in [1.29, 1.82) is 0 Å². The number of nitrogens with one attached hydrogen (secondary N) is 1. The standard InChI is InChI=1S/C33H69N2O6P/c1-6-8-10-12-14-15-16-17-18-19-20-21-22-24-26-32(36)31(34-33(37)27-25-23-13-11-9-7-2)30-41-42(38,39)40-29-28-35(3,4)5/h31-32,36H,6-30H2,1-5H3,(H-,34,37,38,39)/p+1. The van der Waals surface area contributed by atoms with E-state index in [2.05, 4.69) is 19.2 Å². The van der Waals surface area contributed by atoms with Crippen molar-refractivity contribution in [3.05, 3.63) is 0 Å². The molecule has 0 saturated heterocycles. The molecule has 1 amide bonds. The number of nitrogens with zero attached hydrogens (tertiary/aromatic N) is 1. The molecule has 42 heavy (non-hydrogen) atoms. The van der Waals surface area contributed by atoms with Crippen LogP contribution in [0, 0.1) is 0 Å². The summed E-state index contributed by atoms with van der Waals surface area (Å²) in [5.74, 6) is -0.155. The highest BCUT2D eigenvalue weighted by Crippen LogP contribution is 2.43. The Labute approximate surface area is 259 Å². The molecule has 0 radical (unpaired) electrons. The first-order valence-corrected chi connectivity index (χ1v) is 18.9. The highest BCUT2D eigenvalue weighted by Gasteiger charge is 2.28.